The molecule has 0 saturated heterocycles. The van der Waals surface area contributed by atoms with Gasteiger partial charge in [-0.25, -0.2) is 4.79 Å². The highest BCUT2D eigenvalue weighted by Crippen LogP contribution is 2.32. The third-order valence-corrected chi connectivity index (χ3v) is 4.50. The van der Waals surface area contributed by atoms with Crippen molar-refractivity contribution in [3.05, 3.63) is 64.7 Å². The number of amides is 2. The van der Waals surface area contributed by atoms with E-state index in [1.807, 2.05) is 12.1 Å². The van der Waals surface area contributed by atoms with E-state index in [0.717, 1.165) is 12.8 Å². The van der Waals surface area contributed by atoms with Gasteiger partial charge in [0, 0.05) is 37.2 Å². The lowest BCUT2D eigenvalue weighted by Gasteiger charge is -2.27. The maximum Gasteiger partial charge on any atom is 0.319 e. The predicted octanol–water partition coefficient (Wildman–Crippen LogP) is 3.65. The van der Waals surface area contributed by atoms with E-state index >= 15 is 0 Å². The largest absolute Gasteiger partial charge is 0.376 e. The molecule has 5 heteroatoms. The van der Waals surface area contributed by atoms with Gasteiger partial charge in [-0.05, 0) is 35.4 Å². The van der Waals surface area contributed by atoms with Crippen LogP contribution in [-0.4, -0.2) is 25.3 Å². The minimum absolute atomic E-state index is 0.250. The molecule has 2 aromatic rings. The van der Waals surface area contributed by atoms with Crippen LogP contribution >= 0.6 is 11.6 Å². The average Bonchev–Trinajstić information content (AvgIpc) is 2.94. The molecule has 3 rings (SSSR count). The molecule has 0 aliphatic heterocycles. The fourth-order valence-corrected chi connectivity index (χ4v) is 3.08. The number of nitrogens with one attached hydrogen (secondary N) is 2. The van der Waals surface area contributed by atoms with Crippen LogP contribution in [0.15, 0.2) is 48.5 Å². The molecule has 2 N–H and O–H groups in total. The van der Waals surface area contributed by atoms with E-state index in [9.17, 15) is 4.79 Å². The Balaban J connectivity index is 1.59. The summed E-state index contributed by atoms with van der Waals surface area (Å²) in [6.45, 7) is 0.456. The van der Waals surface area contributed by atoms with Gasteiger partial charge in [0.05, 0.1) is 5.60 Å². The van der Waals surface area contributed by atoms with E-state index in [-0.39, 0.29) is 11.6 Å². The molecule has 4 nitrogen and oxygen atoms in total. The van der Waals surface area contributed by atoms with E-state index in [4.69, 9.17) is 16.3 Å². The van der Waals surface area contributed by atoms with Crippen molar-refractivity contribution in [3.8, 4) is 0 Å². The monoisotopic (exact) mass is 330 g/mol. The summed E-state index contributed by atoms with van der Waals surface area (Å²) in [6, 6.07) is 15.0. The van der Waals surface area contributed by atoms with Crippen molar-refractivity contribution in [1.29, 1.82) is 0 Å². The molecule has 0 bridgehead atoms. The van der Waals surface area contributed by atoms with Crippen LogP contribution in [0.4, 0.5) is 10.5 Å². The Morgan fingerprint density at radius 1 is 1.13 bits per heavy atom. The van der Waals surface area contributed by atoms with Gasteiger partial charge >= 0.3 is 6.03 Å². The van der Waals surface area contributed by atoms with Crippen molar-refractivity contribution in [2.45, 2.75) is 18.4 Å². The number of ether oxygens (including phenoxy) is 1. The summed E-state index contributed by atoms with van der Waals surface area (Å²) in [5, 5.41) is 6.33. The number of hydrogen-bond acceptors (Lipinski definition) is 2. The lowest BCUT2D eigenvalue weighted by atomic mass is 10.0. The lowest BCUT2D eigenvalue weighted by molar-refractivity contribution is 0.00208. The Morgan fingerprint density at radius 3 is 2.30 bits per heavy atom. The van der Waals surface area contributed by atoms with Gasteiger partial charge in [0.15, 0.2) is 0 Å². The summed E-state index contributed by atoms with van der Waals surface area (Å²) in [6.07, 6.45) is 1.61. The summed E-state index contributed by atoms with van der Waals surface area (Å²) in [5.41, 5.74) is 2.90. The molecule has 0 fully saturated rings. The molecule has 1 aliphatic rings. The van der Waals surface area contributed by atoms with Crippen LogP contribution in [0.5, 0.6) is 0 Å². The van der Waals surface area contributed by atoms with Crippen LogP contribution in [0.25, 0.3) is 0 Å². The predicted molar refractivity (Wildman–Crippen MR) is 92.1 cm³/mol. The highest BCUT2D eigenvalue weighted by Gasteiger charge is 2.37. The van der Waals surface area contributed by atoms with Crippen LogP contribution in [0, 0.1) is 0 Å². The minimum Gasteiger partial charge on any atom is -0.376 e. The summed E-state index contributed by atoms with van der Waals surface area (Å²) in [4.78, 5) is 12.1. The molecule has 0 spiro atoms. The molecule has 1 aliphatic carbocycles. The van der Waals surface area contributed by atoms with E-state index < -0.39 is 0 Å². The van der Waals surface area contributed by atoms with E-state index in [1.54, 1.807) is 31.4 Å². The van der Waals surface area contributed by atoms with Crippen molar-refractivity contribution >= 4 is 23.3 Å². The normalized spacial score (nSPS) is 15.0. The number of rotatable bonds is 4. The van der Waals surface area contributed by atoms with Gasteiger partial charge in [0.25, 0.3) is 0 Å². The number of anilines is 1. The third-order valence-electron chi connectivity index (χ3n) is 4.25. The number of hydrogen-bond donors (Lipinski definition) is 2. The third kappa shape index (κ3) is 3.66. The maximum atomic E-state index is 12.1. The number of urea groups is 1. The standard InChI is InChI=1S/C18H19ClN2O2/c1-23-18(10-13-4-2-3-5-14(13)11-18)12-20-17(22)21-16-8-6-15(19)7-9-16/h2-9H,10-12H2,1H3,(H2,20,21,22). The summed E-state index contributed by atoms with van der Waals surface area (Å²) < 4.78 is 5.74. The number of halogens is 1. The zero-order valence-corrected chi connectivity index (χ0v) is 13.7. The van der Waals surface area contributed by atoms with Crippen molar-refractivity contribution < 1.29 is 9.53 Å². The maximum absolute atomic E-state index is 12.1. The smallest absolute Gasteiger partial charge is 0.319 e. The van der Waals surface area contributed by atoms with Crippen LogP contribution in [0.1, 0.15) is 11.1 Å². The summed E-state index contributed by atoms with van der Waals surface area (Å²) in [7, 11) is 1.70. The summed E-state index contributed by atoms with van der Waals surface area (Å²) >= 11 is 5.83. The van der Waals surface area contributed by atoms with Crippen molar-refractivity contribution in [2.24, 2.45) is 0 Å². The first kappa shape index (κ1) is 15.8. The molecular weight excluding hydrogens is 312 g/mol. The van der Waals surface area contributed by atoms with Gasteiger partial charge in [0.2, 0.25) is 0 Å². The van der Waals surface area contributed by atoms with Gasteiger partial charge in [0.1, 0.15) is 0 Å². The molecular formula is C18H19ClN2O2. The highest BCUT2D eigenvalue weighted by molar-refractivity contribution is 6.30. The molecule has 0 heterocycles. The molecule has 0 radical (unpaired) electrons. The van der Waals surface area contributed by atoms with Crippen LogP contribution < -0.4 is 10.6 Å². The van der Waals surface area contributed by atoms with Crippen molar-refractivity contribution in [1.82, 2.24) is 5.32 Å². The number of fused-ring (bicyclic) bond motifs is 1. The molecule has 0 unspecified atom stereocenters. The van der Waals surface area contributed by atoms with Gasteiger partial charge in [-0.1, -0.05) is 35.9 Å². The molecule has 0 atom stereocenters. The van der Waals surface area contributed by atoms with Crippen LogP contribution in [0.3, 0.4) is 0 Å². The molecule has 2 amide bonds. The average molecular weight is 331 g/mol. The van der Waals surface area contributed by atoms with Crippen molar-refractivity contribution in [3.63, 3.8) is 0 Å². The van der Waals surface area contributed by atoms with E-state index in [0.29, 0.717) is 17.3 Å². The van der Waals surface area contributed by atoms with E-state index in [2.05, 4.69) is 22.8 Å². The Kier molecular flexibility index (Phi) is 4.55. The minimum atomic E-state index is -0.374. The second-order valence-corrected chi connectivity index (χ2v) is 6.26. The Bertz CT molecular complexity index is 675. The lowest BCUT2D eigenvalue weighted by Crippen LogP contribution is -2.46. The van der Waals surface area contributed by atoms with Gasteiger partial charge in [-0.3, -0.25) is 0 Å². The van der Waals surface area contributed by atoms with Gasteiger partial charge in [-0.15, -0.1) is 0 Å². The SMILES string of the molecule is COC1(CNC(=O)Nc2ccc(Cl)cc2)Cc2ccccc2C1. The number of benzene rings is 2. The molecule has 120 valence electrons. The van der Waals surface area contributed by atoms with Crippen molar-refractivity contribution in [2.75, 3.05) is 19.0 Å². The zero-order chi connectivity index (χ0) is 16.3. The number of carbonyl (C=O) groups excluding carboxylic acids is 1. The first-order valence-corrected chi connectivity index (χ1v) is 7.90. The Labute approximate surface area is 140 Å². The number of methoxy groups -OCH3 is 1. The molecule has 2 aromatic carbocycles. The summed E-state index contributed by atoms with van der Waals surface area (Å²) in [5.74, 6) is 0. The first-order chi connectivity index (χ1) is 11.1. The second kappa shape index (κ2) is 6.60. The fourth-order valence-electron chi connectivity index (χ4n) is 2.95. The second-order valence-electron chi connectivity index (χ2n) is 5.82. The van der Waals surface area contributed by atoms with Crippen LogP contribution in [0.2, 0.25) is 5.02 Å². The topological polar surface area (TPSA) is 50.4 Å². The van der Waals surface area contributed by atoms with Gasteiger partial charge in [-0.2, -0.15) is 0 Å². The Hall–Kier alpha value is -2.04. The molecule has 0 aromatic heterocycles. The number of carbonyl (C=O) groups is 1. The first-order valence-electron chi connectivity index (χ1n) is 7.53. The van der Waals surface area contributed by atoms with Gasteiger partial charge < -0.3 is 15.4 Å². The quantitative estimate of drug-likeness (QED) is 0.899. The fraction of sp³-hybridized carbons (Fsp3) is 0.278. The zero-order valence-electron chi connectivity index (χ0n) is 12.9. The molecule has 23 heavy (non-hydrogen) atoms. The molecule has 0 saturated carbocycles. The highest BCUT2D eigenvalue weighted by atomic mass is 35.5. The van der Waals surface area contributed by atoms with E-state index in [1.165, 1.54) is 11.1 Å². The van der Waals surface area contributed by atoms with Crippen LogP contribution in [-0.2, 0) is 17.6 Å². The Morgan fingerprint density at radius 2 is 1.74 bits per heavy atom.